The van der Waals surface area contributed by atoms with Gasteiger partial charge in [-0.3, -0.25) is 20.4 Å². The van der Waals surface area contributed by atoms with Gasteiger partial charge in [0.1, 0.15) is 0 Å². The van der Waals surface area contributed by atoms with E-state index in [4.69, 9.17) is 32.7 Å². The normalized spacial score (nSPS) is 9.96. The van der Waals surface area contributed by atoms with Crippen LogP contribution in [0.4, 0.5) is 0 Å². The summed E-state index contributed by atoms with van der Waals surface area (Å²) in [5.74, 6) is -1.79. The van der Waals surface area contributed by atoms with E-state index in [-0.39, 0.29) is 21.4 Å². The molecule has 0 aromatic heterocycles. The van der Waals surface area contributed by atoms with E-state index in [9.17, 15) is 14.4 Å². The SMILES string of the molecule is COc1c(Cl)cc(C(=O)OCC(=O)NNC(=O)c2ccccc2)cc1Cl. The number of benzene rings is 2. The lowest BCUT2D eigenvalue weighted by molar-refractivity contribution is -0.125. The van der Waals surface area contributed by atoms with Crippen LogP contribution < -0.4 is 15.6 Å². The van der Waals surface area contributed by atoms with E-state index in [1.807, 2.05) is 0 Å². The van der Waals surface area contributed by atoms with Gasteiger partial charge in [0.25, 0.3) is 11.8 Å². The molecule has 7 nitrogen and oxygen atoms in total. The highest BCUT2D eigenvalue weighted by molar-refractivity contribution is 6.37. The smallest absolute Gasteiger partial charge is 0.338 e. The number of carbonyl (C=O) groups excluding carboxylic acids is 3. The minimum atomic E-state index is -0.805. The number of nitrogens with one attached hydrogen (secondary N) is 2. The number of halogens is 2. The first-order valence-corrected chi connectivity index (χ1v) is 8.02. The highest BCUT2D eigenvalue weighted by atomic mass is 35.5. The van der Waals surface area contributed by atoms with Gasteiger partial charge in [-0.1, -0.05) is 41.4 Å². The molecule has 2 rings (SSSR count). The fourth-order valence-corrected chi connectivity index (χ4v) is 2.55. The third kappa shape index (κ3) is 5.11. The van der Waals surface area contributed by atoms with Crippen molar-refractivity contribution in [3.05, 3.63) is 63.6 Å². The van der Waals surface area contributed by atoms with E-state index in [1.165, 1.54) is 19.2 Å². The zero-order valence-electron chi connectivity index (χ0n) is 13.5. The Morgan fingerprint density at radius 1 is 0.962 bits per heavy atom. The Morgan fingerprint density at radius 3 is 2.15 bits per heavy atom. The fourth-order valence-electron chi connectivity index (χ4n) is 1.91. The average Bonchev–Trinajstić information content (AvgIpc) is 2.64. The maximum absolute atomic E-state index is 12.0. The number of methoxy groups -OCH3 is 1. The summed E-state index contributed by atoms with van der Waals surface area (Å²) >= 11 is 11.9. The monoisotopic (exact) mass is 396 g/mol. The predicted molar refractivity (Wildman–Crippen MR) is 95.3 cm³/mol. The van der Waals surface area contributed by atoms with Gasteiger partial charge in [-0.15, -0.1) is 0 Å². The van der Waals surface area contributed by atoms with Crippen LogP contribution in [0.25, 0.3) is 0 Å². The molecule has 2 amide bonds. The highest BCUT2D eigenvalue weighted by Gasteiger charge is 2.16. The number of hydrazine groups is 1. The summed E-state index contributed by atoms with van der Waals surface area (Å²) in [6.07, 6.45) is 0. The molecular weight excluding hydrogens is 383 g/mol. The Bertz CT molecular complexity index is 804. The number of esters is 1. The molecule has 0 atom stereocenters. The van der Waals surface area contributed by atoms with Crippen molar-refractivity contribution < 1.29 is 23.9 Å². The van der Waals surface area contributed by atoms with E-state index in [0.717, 1.165) is 0 Å². The number of rotatable bonds is 5. The molecule has 0 spiro atoms. The molecule has 2 N–H and O–H groups in total. The van der Waals surface area contributed by atoms with Crippen molar-refractivity contribution in [1.82, 2.24) is 10.9 Å². The van der Waals surface area contributed by atoms with Crippen LogP contribution in [0.2, 0.25) is 10.0 Å². The Kier molecular flexibility index (Phi) is 6.82. The Morgan fingerprint density at radius 2 is 1.58 bits per heavy atom. The maximum atomic E-state index is 12.0. The second kappa shape index (κ2) is 9.07. The van der Waals surface area contributed by atoms with Crippen LogP contribution in [-0.4, -0.2) is 31.5 Å². The zero-order valence-corrected chi connectivity index (χ0v) is 15.1. The van der Waals surface area contributed by atoms with Gasteiger partial charge >= 0.3 is 5.97 Å². The van der Waals surface area contributed by atoms with Crippen molar-refractivity contribution in [3.63, 3.8) is 0 Å². The van der Waals surface area contributed by atoms with Crippen LogP contribution in [0.5, 0.6) is 5.75 Å². The van der Waals surface area contributed by atoms with Crippen molar-refractivity contribution >= 4 is 41.0 Å². The fraction of sp³-hybridized carbons (Fsp3) is 0.118. The minimum absolute atomic E-state index is 0.0573. The van der Waals surface area contributed by atoms with Crippen molar-refractivity contribution in [2.24, 2.45) is 0 Å². The van der Waals surface area contributed by atoms with Crippen LogP contribution in [0, 0.1) is 0 Å². The van der Waals surface area contributed by atoms with Crippen molar-refractivity contribution in [2.75, 3.05) is 13.7 Å². The lowest BCUT2D eigenvalue weighted by Crippen LogP contribution is -2.43. The second-order valence-electron chi connectivity index (χ2n) is 4.92. The molecule has 26 heavy (non-hydrogen) atoms. The van der Waals surface area contributed by atoms with E-state index in [2.05, 4.69) is 10.9 Å². The number of ether oxygens (including phenoxy) is 2. The number of amides is 2. The number of hydrogen-bond donors (Lipinski definition) is 2. The van der Waals surface area contributed by atoms with Gasteiger partial charge < -0.3 is 9.47 Å². The first kappa shape index (κ1) is 19.6. The molecule has 0 radical (unpaired) electrons. The summed E-state index contributed by atoms with van der Waals surface area (Å²) in [7, 11) is 1.39. The number of carbonyl (C=O) groups is 3. The van der Waals surface area contributed by atoms with E-state index in [1.54, 1.807) is 30.3 Å². The summed E-state index contributed by atoms with van der Waals surface area (Å²) in [5, 5.41) is 0.262. The molecule has 0 saturated heterocycles. The first-order valence-electron chi connectivity index (χ1n) is 7.26. The molecule has 0 aliphatic rings. The molecule has 0 saturated carbocycles. The van der Waals surface area contributed by atoms with Gasteiger partial charge in [0, 0.05) is 5.56 Å². The van der Waals surface area contributed by atoms with Gasteiger partial charge in [-0.05, 0) is 24.3 Å². The molecule has 0 aliphatic heterocycles. The molecule has 2 aromatic rings. The van der Waals surface area contributed by atoms with Gasteiger partial charge in [0.15, 0.2) is 12.4 Å². The molecule has 0 unspecified atom stereocenters. The maximum Gasteiger partial charge on any atom is 0.338 e. The first-order chi connectivity index (χ1) is 12.4. The molecule has 0 aliphatic carbocycles. The summed E-state index contributed by atoms with van der Waals surface area (Å²) in [4.78, 5) is 35.4. The Labute approximate surface area is 159 Å². The summed E-state index contributed by atoms with van der Waals surface area (Å²) < 4.78 is 9.83. The standard InChI is InChI=1S/C17H14Cl2N2O5/c1-25-15-12(18)7-11(8-13(15)19)17(24)26-9-14(22)20-21-16(23)10-5-3-2-4-6-10/h2-8H,9H2,1H3,(H,20,22)(H,21,23). The molecule has 0 fully saturated rings. The molecule has 0 bridgehead atoms. The summed E-state index contributed by atoms with van der Waals surface area (Å²) in [6, 6.07) is 10.9. The average molecular weight is 397 g/mol. The molecule has 9 heteroatoms. The predicted octanol–water partition coefficient (Wildman–Crippen LogP) is 2.62. The van der Waals surface area contributed by atoms with Crippen molar-refractivity contribution in [1.29, 1.82) is 0 Å². The van der Waals surface area contributed by atoms with Gasteiger partial charge in [0.05, 0.1) is 22.7 Å². The Hall–Kier alpha value is -2.77. The van der Waals surface area contributed by atoms with Crippen molar-refractivity contribution in [3.8, 4) is 5.75 Å². The summed E-state index contributed by atoms with van der Waals surface area (Å²) in [5.41, 5.74) is 4.77. The van der Waals surface area contributed by atoms with Gasteiger partial charge in [-0.2, -0.15) is 0 Å². The van der Waals surface area contributed by atoms with Gasteiger partial charge in [-0.25, -0.2) is 4.79 Å². The minimum Gasteiger partial charge on any atom is -0.494 e. The topological polar surface area (TPSA) is 93.7 Å². The molecule has 0 heterocycles. The van der Waals surface area contributed by atoms with E-state index < -0.39 is 24.4 Å². The van der Waals surface area contributed by atoms with Crippen LogP contribution in [0.3, 0.4) is 0 Å². The van der Waals surface area contributed by atoms with E-state index >= 15 is 0 Å². The lowest BCUT2D eigenvalue weighted by Gasteiger charge is -2.10. The molecule has 136 valence electrons. The lowest BCUT2D eigenvalue weighted by atomic mass is 10.2. The largest absolute Gasteiger partial charge is 0.494 e. The van der Waals surface area contributed by atoms with Crippen LogP contribution in [0.15, 0.2) is 42.5 Å². The molecule has 2 aromatic carbocycles. The summed E-state index contributed by atoms with van der Waals surface area (Å²) in [6.45, 7) is -0.602. The number of hydrogen-bond acceptors (Lipinski definition) is 5. The van der Waals surface area contributed by atoms with Gasteiger partial charge in [0.2, 0.25) is 0 Å². The third-order valence-corrected chi connectivity index (χ3v) is 3.69. The highest BCUT2D eigenvalue weighted by Crippen LogP contribution is 2.33. The second-order valence-corrected chi connectivity index (χ2v) is 5.73. The van der Waals surface area contributed by atoms with Crippen LogP contribution >= 0.6 is 23.2 Å². The zero-order chi connectivity index (χ0) is 19.1. The Balaban J connectivity index is 1.85. The third-order valence-electron chi connectivity index (χ3n) is 3.12. The van der Waals surface area contributed by atoms with Crippen molar-refractivity contribution in [2.45, 2.75) is 0 Å². The van der Waals surface area contributed by atoms with Crippen LogP contribution in [-0.2, 0) is 9.53 Å². The van der Waals surface area contributed by atoms with Crippen LogP contribution in [0.1, 0.15) is 20.7 Å². The molecular formula is C17H14Cl2N2O5. The quantitative estimate of drug-likeness (QED) is 0.598. The van der Waals surface area contributed by atoms with E-state index in [0.29, 0.717) is 5.56 Å².